The minimum Gasteiger partial charge on any atom is -0.345 e. The number of halogens is 1. The van der Waals surface area contributed by atoms with Gasteiger partial charge in [0.25, 0.3) is 15.7 Å². The Morgan fingerprint density at radius 1 is 1.60 bits per heavy atom. The number of nitrogens with zero attached hydrogens (tertiary/aromatic N) is 2. The molecule has 1 rings (SSSR count). The van der Waals surface area contributed by atoms with Crippen LogP contribution in [0.4, 0.5) is 5.69 Å². The summed E-state index contributed by atoms with van der Waals surface area (Å²) in [5.74, 6) is -0.409. The molecule has 1 N–H and O–H groups in total. The van der Waals surface area contributed by atoms with E-state index in [9.17, 15) is 23.3 Å². The molecule has 0 unspecified atom stereocenters. The molecule has 0 bridgehead atoms. The first-order valence-corrected chi connectivity index (χ1v) is 8.04. The molecule has 0 saturated carbocycles. The Balaban J connectivity index is 2.87. The summed E-state index contributed by atoms with van der Waals surface area (Å²) in [6.45, 7) is 1.77. The lowest BCUT2D eigenvalue weighted by atomic mass is 10.5. The van der Waals surface area contributed by atoms with Crippen LogP contribution in [0, 0.1) is 10.1 Å². The molecule has 0 radical (unpaired) electrons. The zero-order valence-corrected chi connectivity index (χ0v) is 13.0. The highest BCUT2D eigenvalue weighted by Gasteiger charge is 2.25. The summed E-state index contributed by atoms with van der Waals surface area (Å²) in [5, 5.41) is 10.6. The molecule has 1 aromatic heterocycles. The van der Waals surface area contributed by atoms with Crippen molar-refractivity contribution in [2.75, 3.05) is 20.1 Å². The molecule has 8 nitrogen and oxygen atoms in total. The highest BCUT2D eigenvalue weighted by Crippen LogP contribution is 2.35. The predicted octanol–water partition coefficient (Wildman–Crippen LogP) is 1.07. The Kier molecular flexibility index (Phi) is 5.45. The van der Waals surface area contributed by atoms with Crippen LogP contribution in [0.5, 0.6) is 0 Å². The van der Waals surface area contributed by atoms with Gasteiger partial charge in [0.1, 0.15) is 4.21 Å². The van der Waals surface area contributed by atoms with Crippen LogP contribution in [0.15, 0.2) is 10.3 Å². The number of amides is 1. The smallest absolute Gasteiger partial charge is 0.300 e. The molecule has 0 saturated heterocycles. The second-order valence-electron chi connectivity index (χ2n) is 3.71. The molecule has 0 aliphatic rings. The molecule has 11 heteroatoms. The van der Waals surface area contributed by atoms with Crippen molar-refractivity contribution in [2.24, 2.45) is 0 Å². The number of nitro groups is 1. The highest BCUT2D eigenvalue weighted by molar-refractivity contribution is 7.91. The van der Waals surface area contributed by atoms with E-state index in [1.165, 1.54) is 11.9 Å². The van der Waals surface area contributed by atoms with Crippen molar-refractivity contribution in [1.29, 1.82) is 0 Å². The summed E-state index contributed by atoms with van der Waals surface area (Å²) in [7, 11) is -2.47. The standard InChI is InChI=1S/C9H12ClN3O5S2/c1-3-12(2)7(14)5-11-20(17,18)8-4-6(13(15)16)9(10)19-8/h4,11H,3,5H2,1-2H3. The van der Waals surface area contributed by atoms with Gasteiger partial charge >= 0.3 is 0 Å². The monoisotopic (exact) mass is 341 g/mol. The van der Waals surface area contributed by atoms with Crippen LogP contribution in [0.1, 0.15) is 6.92 Å². The summed E-state index contributed by atoms with van der Waals surface area (Å²) >= 11 is 6.15. The van der Waals surface area contributed by atoms with E-state index < -0.39 is 33.1 Å². The van der Waals surface area contributed by atoms with Gasteiger partial charge in [0.15, 0.2) is 4.34 Å². The van der Waals surface area contributed by atoms with Gasteiger partial charge in [-0.25, -0.2) is 13.1 Å². The van der Waals surface area contributed by atoms with Crippen LogP contribution in [0.3, 0.4) is 0 Å². The summed E-state index contributed by atoms with van der Waals surface area (Å²) in [6.07, 6.45) is 0. The SMILES string of the molecule is CCN(C)C(=O)CNS(=O)(=O)c1cc([N+](=O)[O-])c(Cl)s1. The summed E-state index contributed by atoms with van der Waals surface area (Å²) in [5.41, 5.74) is -0.478. The molecule has 0 fully saturated rings. The van der Waals surface area contributed by atoms with Gasteiger partial charge in [-0.2, -0.15) is 0 Å². The van der Waals surface area contributed by atoms with E-state index >= 15 is 0 Å². The molecular formula is C9H12ClN3O5S2. The molecule has 0 aliphatic heterocycles. The van der Waals surface area contributed by atoms with Gasteiger partial charge in [0.2, 0.25) is 5.91 Å². The number of hydrogen-bond acceptors (Lipinski definition) is 6. The number of sulfonamides is 1. The molecule has 0 aliphatic carbocycles. The van der Waals surface area contributed by atoms with Crippen LogP contribution >= 0.6 is 22.9 Å². The Morgan fingerprint density at radius 3 is 2.65 bits per heavy atom. The van der Waals surface area contributed by atoms with Crippen molar-refractivity contribution < 1.29 is 18.1 Å². The lowest BCUT2D eigenvalue weighted by Crippen LogP contribution is -2.37. The maximum Gasteiger partial charge on any atom is 0.300 e. The molecule has 112 valence electrons. The maximum atomic E-state index is 11.9. The minimum absolute atomic E-state index is 0.229. The van der Waals surface area contributed by atoms with Crippen molar-refractivity contribution in [1.82, 2.24) is 9.62 Å². The number of carbonyl (C=O) groups is 1. The first-order valence-electron chi connectivity index (χ1n) is 5.36. The number of nitrogens with one attached hydrogen (secondary N) is 1. The lowest BCUT2D eigenvalue weighted by Gasteiger charge is -2.14. The van der Waals surface area contributed by atoms with Crippen molar-refractivity contribution in [2.45, 2.75) is 11.1 Å². The molecule has 0 aromatic carbocycles. The number of carbonyl (C=O) groups excluding carboxylic acids is 1. The van der Waals surface area contributed by atoms with Gasteiger partial charge in [0.05, 0.1) is 11.5 Å². The average Bonchev–Trinajstić information content (AvgIpc) is 2.78. The average molecular weight is 342 g/mol. The van der Waals surface area contributed by atoms with E-state index in [1.54, 1.807) is 6.92 Å². The number of likely N-dealkylation sites (N-methyl/N-ethyl adjacent to an activating group) is 1. The number of rotatable bonds is 6. The van der Waals surface area contributed by atoms with Gasteiger partial charge in [-0.15, -0.1) is 11.3 Å². The molecule has 1 heterocycles. The molecule has 1 aromatic rings. The predicted molar refractivity (Wildman–Crippen MR) is 74.5 cm³/mol. The molecule has 20 heavy (non-hydrogen) atoms. The third kappa shape index (κ3) is 3.88. The third-order valence-electron chi connectivity index (χ3n) is 2.42. The third-order valence-corrected chi connectivity index (χ3v) is 5.63. The summed E-state index contributed by atoms with van der Waals surface area (Å²) in [4.78, 5) is 22.7. The van der Waals surface area contributed by atoms with Crippen molar-refractivity contribution in [3.63, 3.8) is 0 Å². The van der Waals surface area contributed by atoms with E-state index in [4.69, 9.17) is 11.6 Å². The Morgan fingerprint density at radius 2 is 2.20 bits per heavy atom. The Labute approximate surface area is 124 Å². The zero-order chi connectivity index (χ0) is 15.5. The van der Waals surface area contributed by atoms with Gasteiger partial charge in [-0.05, 0) is 6.92 Å². The molecule has 0 spiro atoms. The van der Waals surface area contributed by atoms with Crippen molar-refractivity contribution >= 4 is 44.6 Å². The Bertz CT molecular complexity index is 628. The molecular weight excluding hydrogens is 330 g/mol. The van der Waals surface area contributed by atoms with Gasteiger partial charge < -0.3 is 4.90 Å². The van der Waals surface area contributed by atoms with E-state index in [0.29, 0.717) is 17.9 Å². The second-order valence-corrected chi connectivity index (χ2v) is 7.36. The highest BCUT2D eigenvalue weighted by atomic mass is 35.5. The first kappa shape index (κ1) is 16.8. The van der Waals surface area contributed by atoms with Crippen molar-refractivity contribution in [3.8, 4) is 0 Å². The largest absolute Gasteiger partial charge is 0.345 e. The maximum absolute atomic E-state index is 11.9. The second kappa shape index (κ2) is 6.48. The van der Waals surface area contributed by atoms with E-state index in [2.05, 4.69) is 4.72 Å². The fourth-order valence-electron chi connectivity index (χ4n) is 1.13. The van der Waals surface area contributed by atoms with E-state index in [0.717, 1.165) is 6.07 Å². The lowest BCUT2D eigenvalue weighted by molar-refractivity contribution is -0.384. The topological polar surface area (TPSA) is 110 Å². The quantitative estimate of drug-likeness (QED) is 0.614. The molecule has 1 amide bonds. The summed E-state index contributed by atoms with van der Waals surface area (Å²) in [6, 6.07) is 0.864. The number of hydrogen-bond donors (Lipinski definition) is 1. The van der Waals surface area contributed by atoms with Crippen LogP contribution < -0.4 is 4.72 Å². The molecule has 0 atom stereocenters. The minimum atomic E-state index is -4.00. The van der Waals surface area contributed by atoms with Gasteiger partial charge in [-0.3, -0.25) is 14.9 Å². The van der Waals surface area contributed by atoms with Crippen LogP contribution in [0.25, 0.3) is 0 Å². The normalized spacial score (nSPS) is 11.3. The van der Waals surface area contributed by atoms with Gasteiger partial charge in [0, 0.05) is 19.7 Å². The van der Waals surface area contributed by atoms with Gasteiger partial charge in [-0.1, -0.05) is 11.6 Å². The zero-order valence-electron chi connectivity index (χ0n) is 10.6. The summed E-state index contributed by atoms with van der Waals surface area (Å²) < 4.78 is 25.3. The fraction of sp³-hybridized carbons (Fsp3) is 0.444. The van der Waals surface area contributed by atoms with Crippen molar-refractivity contribution in [3.05, 3.63) is 20.5 Å². The fourth-order valence-corrected chi connectivity index (χ4v) is 3.82. The first-order chi connectivity index (χ1) is 9.19. The van der Waals surface area contributed by atoms with E-state index in [-0.39, 0.29) is 8.55 Å². The Hall–Kier alpha value is -1.23. The van der Waals surface area contributed by atoms with E-state index in [1.807, 2.05) is 0 Å². The van der Waals surface area contributed by atoms with Crippen LogP contribution in [-0.2, 0) is 14.8 Å². The van der Waals surface area contributed by atoms with Crippen LogP contribution in [-0.4, -0.2) is 44.3 Å². The van der Waals surface area contributed by atoms with Crippen LogP contribution in [0.2, 0.25) is 4.34 Å². The number of thiophene rings is 1.